The third kappa shape index (κ3) is 2.62. The summed E-state index contributed by atoms with van der Waals surface area (Å²) in [6.45, 7) is 2.14. The van der Waals surface area contributed by atoms with Crippen LogP contribution in [0.15, 0.2) is 42.5 Å². The first-order valence-electron chi connectivity index (χ1n) is 6.35. The molecule has 0 unspecified atom stereocenters. The van der Waals surface area contributed by atoms with E-state index in [1.165, 1.54) is 14.5 Å². The minimum Gasteiger partial charge on any atom is -0.293 e. The Kier molecular flexibility index (Phi) is 3.49. The van der Waals surface area contributed by atoms with Gasteiger partial charge >= 0.3 is 0 Å². The topological polar surface area (TPSA) is 17.1 Å². The Morgan fingerprint density at radius 2 is 1.84 bits per heavy atom. The van der Waals surface area contributed by atoms with Crippen molar-refractivity contribution < 1.29 is 4.79 Å². The van der Waals surface area contributed by atoms with Crippen molar-refractivity contribution in [2.24, 2.45) is 0 Å². The molecule has 2 heterocycles. The van der Waals surface area contributed by atoms with E-state index in [-0.39, 0.29) is 5.78 Å². The zero-order valence-corrected chi connectivity index (χ0v) is 12.3. The summed E-state index contributed by atoms with van der Waals surface area (Å²) >= 11 is 3.34. The number of fused-ring (bicyclic) bond motifs is 1. The number of rotatable bonds is 4. The molecule has 96 valence electrons. The third-order valence-corrected chi connectivity index (χ3v) is 5.49. The van der Waals surface area contributed by atoms with Crippen molar-refractivity contribution >= 4 is 38.5 Å². The van der Waals surface area contributed by atoms with Crippen LogP contribution in [0.1, 0.15) is 26.3 Å². The molecule has 0 aliphatic rings. The zero-order chi connectivity index (χ0) is 13.2. The van der Waals surface area contributed by atoms with Gasteiger partial charge in [-0.1, -0.05) is 25.1 Å². The smallest absolute Gasteiger partial charge is 0.178 e. The van der Waals surface area contributed by atoms with Gasteiger partial charge in [0.15, 0.2) is 5.78 Å². The molecule has 0 radical (unpaired) electrons. The number of benzene rings is 1. The number of Topliss-reactive ketones (excluding diaryl/α,β-unsaturated/α-hetero) is 1. The monoisotopic (exact) mass is 286 g/mol. The molecule has 0 amide bonds. The van der Waals surface area contributed by atoms with Crippen molar-refractivity contribution in [2.75, 3.05) is 0 Å². The summed E-state index contributed by atoms with van der Waals surface area (Å²) in [6, 6.07) is 14.4. The molecule has 1 aromatic carbocycles. The number of carbonyl (C=O) groups excluding carboxylic acids is 1. The van der Waals surface area contributed by atoms with Crippen LogP contribution in [0.4, 0.5) is 0 Å². The van der Waals surface area contributed by atoms with Crippen LogP contribution in [0.5, 0.6) is 0 Å². The average Bonchev–Trinajstić information content (AvgIpc) is 3.04. The number of hydrogen-bond acceptors (Lipinski definition) is 3. The summed E-state index contributed by atoms with van der Waals surface area (Å²) < 4.78 is 1.19. The van der Waals surface area contributed by atoms with Crippen LogP contribution < -0.4 is 0 Å². The fraction of sp³-hybridized carbons (Fsp3) is 0.188. The Morgan fingerprint density at radius 3 is 2.58 bits per heavy atom. The van der Waals surface area contributed by atoms with Crippen molar-refractivity contribution in [3.05, 3.63) is 57.1 Å². The van der Waals surface area contributed by atoms with Gasteiger partial charge in [-0.2, -0.15) is 0 Å². The molecular weight excluding hydrogens is 272 g/mol. The van der Waals surface area contributed by atoms with E-state index in [4.69, 9.17) is 0 Å². The second kappa shape index (κ2) is 5.27. The van der Waals surface area contributed by atoms with Gasteiger partial charge < -0.3 is 0 Å². The second-order valence-corrected chi connectivity index (χ2v) is 6.81. The molecule has 0 fully saturated rings. The summed E-state index contributed by atoms with van der Waals surface area (Å²) in [7, 11) is 0. The predicted molar refractivity (Wildman–Crippen MR) is 83.6 cm³/mol. The molecule has 1 nitrogen and oxygen atoms in total. The van der Waals surface area contributed by atoms with Gasteiger partial charge in [-0.25, -0.2) is 0 Å². The molecule has 0 bridgehead atoms. The van der Waals surface area contributed by atoms with Gasteiger partial charge in [0.2, 0.25) is 0 Å². The molecule has 3 heteroatoms. The van der Waals surface area contributed by atoms with E-state index in [2.05, 4.69) is 31.2 Å². The number of ketones is 1. The molecule has 0 aliphatic heterocycles. The van der Waals surface area contributed by atoms with Crippen molar-refractivity contribution in [2.45, 2.75) is 19.8 Å². The number of aryl methyl sites for hydroxylation is 1. The Labute approximate surface area is 120 Å². The predicted octanol–water partition coefficient (Wildman–Crippen LogP) is 4.95. The van der Waals surface area contributed by atoms with Crippen LogP contribution in [0.25, 0.3) is 10.1 Å². The zero-order valence-electron chi connectivity index (χ0n) is 10.7. The molecule has 0 atom stereocenters. The van der Waals surface area contributed by atoms with Crippen LogP contribution in [-0.4, -0.2) is 5.78 Å². The standard InChI is InChI=1S/C16H14OS2/c1-2-12-7-8-13(18-12)10-14(17)16-9-11-5-3-4-6-15(11)19-16/h3-9H,2,10H2,1H3. The molecule has 0 N–H and O–H groups in total. The second-order valence-electron chi connectivity index (χ2n) is 4.47. The molecule has 0 aliphatic carbocycles. The Balaban J connectivity index is 1.83. The van der Waals surface area contributed by atoms with E-state index in [1.807, 2.05) is 18.2 Å². The summed E-state index contributed by atoms with van der Waals surface area (Å²) in [5, 5.41) is 1.16. The van der Waals surface area contributed by atoms with Gasteiger partial charge in [0.25, 0.3) is 0 Å². The van der Waals surface area contributed by atoms with Crippen molar-refractivity contribution in [3.8, 4) is 0 Å². The first kappa shape index (κ1) is 12.6. The first-order chi connectivity index (χ1) is 9.26. The summed E-state index contributed by atoms with van der Waals surface area (Å²) in [4.78, 5) is 15.7. The maximum absolute atomic E-state index is 12.3. The number of carbonyl (C=O) groups is 1. The minimum atomic E-state index is 0.228. The molecular formula is C16H14OS2. The normalized spacial score (nSPS) is 11.0. The molecule has 2 aromatic heterocycles. The van der Waals surface area contributed by atoms with E-state index in [0.29, 0.717) is 6.42 Å². The van der Waals surface area contributed by atoms with Crippen LogP contribution in [0.2, 0.25) is 0 Å². The van der Waals surface area contributed by atoms with Gasteiger partial charge in [0, 0.05) is 20.9 Å². The van der Waals surface area contributed by atoms with Crippen molar-refractivity contribution in [1.82, 2.24) is 0 Å². The van der Waals surface area contributed by atoms with E-state index in [9.17, 15) is 4.79 Å². The highest BCUT2D eigenvalue weighted by atomic mass is 32.1. The van der Waals surface area contributed by atoms with E-state index >= 15 is 0 Å². The fourth-order valence-electron chi connectivity index (χ4n) is 2.07. The lowest BCUT2D eigenvalue weighted by atomic mass is 10.2. The lowest BCUT2D eigenvalue weighted by molar-refractivity contribution is 0.0998. The quantitative estimate of drug-likeness (QED) is 0.620. The molecule has 0 saturated heterocycles. The number of hydrogen-bond donors (Lipinski definition) is 0. The first-order valence-corrected chi connectivity index (χ1v) is 7.99. The molecule has 3 rings (SSSR count). The van der Waals surface area contributed by atoms with E-state index in [1.54, 1.807) is 22.7 Å². The number of thiophene rings is 2. The Bertz CT molecular complexity index is 688. The van der Waals surface area contributed by atoms with Gasteiger partial charge in [-0.3, -0.25) is 4.79 Å². The maximum Gasteiger partial charge on any atom is 0.178 e. The minimum absolute atomic E-state index is 0.228. The average molecular weight is 286 g/mol. The SMILES string of the molecule is CCc1ccc(CC(=O)c2cc3ccccc3s2)s1. The van der Waals surface area contributed by atoms with Crippen molar-refractivity contribution in [1.29, 1.82) is 0 Å². The highest BCUT2D eigenvalue weighted by Crippen LogP contribution is 2.27. The fourth-order valence-corrected chi connectivity index (χ4v) is 4.03. The molecule has 19 heavy (non-hydrogen) atoms. The van der Waals surface area contributed by atoms with Gasteiger partial charge in [0.05, 0.1) is 4.88 Å². The van der Waals surface area contributed by atoms with Crippen molar-refractivity contribution in [3.63, 3.8) is 0 Å². The lowest BCUT2D eigenvalue weighted by Crippen LogP contribution is -1.98. The third-order valence-electron chi connectivity index (χ3n) is 3.10. The molecule has 0 saturated carbocycles. The van der Waals surface area contributed by atoms with Crippen LogP contribution >= 0.6 is 22.7 Å². The maximum atomic E-state index is 12.3. The summed E-state index contributed by atoms with van der Waals surface area (Å²) in [5.74, 6) is 0.228. The van der Waals surface area contributed by atoms with Crippen LogP contribution in [0, 0.1) is 0 Å². The Hall–Kier alpha value is -1.45. The van der Waals surface area contributed by atoms with E-state index < -0.39 is 0 Å². The van der Waals surface area contributed by atoms with Gasteiger partial charge in [0.1, 0.15) is 0 Å². The van der Waals surface area contributed by atoms with Crippen LogP contribution in [-0.2, 0) is 12.8 Å². The van der Waals surface area contributed by atoms with Gasteiger partial charge in [-0.05, 0) is 36.1 Å². The summed E-state index contributed by atoms with van der Waals surface area (Å²) in [6.07, 6.45) is 1.57. The molecule has 3 aromatic rings. The lowest BCUT2D eigenvalue weighted by Gasteiger charge is -1.94. The van der Waals surface area contributed by atoms with E-state index in [0.717, 1.165) is 16.7 Å². The highest BCUT2D eigenvalue weighted by Gasteiger charge is 2.12. The largest absolute Gasteiger partial charge is 0.293 e. The Morgan fingerprint density at radius 1 is 1.05 bits per heavy atom. The highest BCUT2D eigenvalue weighted by molar-refractivity contribution is 7.20. The van der Waals surface area contributed by atoms with Crippen LogP contribution in [0.3, 0.4) is 0 Å². The molecule has 0 spiro atoms. The summed E-state index contributed by atoms with van der Waals surface area (Å²) in [5.41, 5.74) is 0. The van der Waals surface area contributed by atoms with Gasteiger partial charge in [-0.15, -0.1) is 22.7 Å².